The summed E-state index contributed by atoms with van der Waals surface area (Å²) in [5, 5.41) is 9.02. The number of para-hydroxylation sites is 1. The van der Waals surface area contributed by atoms with E-state index in [0.717, 1.165) is 0 Å². The fraction of sp³-hybridized carbons (Fsp3) is 0.526. The number of hydrogen-bond donors (Lipinski definition) is 1. The molecule has 1 saturated heterocycles. The largest absolute Gasteiger partial charge is 0.484 e. The van der Waals surface area contributed by atoms with Gasteiger partial charge in [-0.25, -0.2) is 0 Å². The van der Waals surface area contributed by atoms with Gasteiger partial charge in [0.1, 0.15) is 12.3 Å². The van der Waals surface area contributed by atoms with Crippen LogP contribution in [0.3, 0.4) is 0 Å². The fourth-order valence-electron chi connectivity index (χ4n) is 3.05. The molecule has 1 aromatic rings. The molecule has 0 radical (unpaired) electrons. The van der Waals surface area contributed by atoms with Gasteiger partial charge in [-0.15, -0.1) is 0 Å². The second-order valence-corrected chi connectivity index (χ2v) is 6.73. The number of carboxylic acid groups (broad SMARTS) is 1. The van der Waals surface area contributed by atoms with Gasteiger partial charge in [0.2, 0.25) is 5.91 Å². The van der Waals surface area contributed by atoms with Crippen molar-refractivity contribution in [2.45, 2.75) is 32.7 Å². The van der Waals surface area contributed by atoms with Gasteiger partial charge in [0, 0.05) is 19.1 Å². The first-order chi connectivity index (χ1) is 12.4. The van der Waals surface area contributed by atoms with Crippen molar-refractivity contribution >= 4 is 17.8 Å². The number of amides is 2. The Morgan fingerprint density at radius 2 is 1.96 bits per heavy atom. The minimum Gasteiger partial charge on any atom is -0.484 e. The number of piperidine rings is 1. The van der Waals surface area contributed by atoms with Crippen molar-refractivity contribution < 1.29 is 24.2 Å². The molecule has 1 unspecified atom stereocenters. The summed E-state index contributed by atoms with van der Waals surface area (Å²) >= 11 is 0. The van der Waals surface area contributed by atoms with Gasteiger partial charge in [-0.1, -0.05) is 18.2 Å². The van der Waals surface area contributed by atoms with E-state index >= 15 is 0 Å². The van der Waals surface area contributed by atoms with E-state index in [4.69, 9.17) is 9.84 Å². The molecule has 1 fully saturated rings. The van der Waals surface area contributed by atoms with Crippen LogP contribution in [0, 0.1) is 5.92 Å². The van der Waals surface area contributed by atoms with Gasteiger partial charge in [-0.3, -0.25) is 14.4 Å². The van der Waals surface area contributed by atoms with Gasteiger partial charge in [0.25, 0.3) is 5.91 Å². The number of ether oxygens (including phenoxy) is 1. The minimum absolute atomic E-state index is 0.0755. The number of carbonyl (C=O) groups excluding carboxylic acids is 2. The molecular formula is C19H26N2O5. The van der Waals surface area contributed by atoms with Crippen molar-refractivity contribution in [3.63, 3.8) is 0 Å². The standard InChI is InChI=1S/C19H26N2O5/c1-14(2)21(12-18(23)24)19(25)15-7-6-10-20(11-15)17(22)13-26-16-8-4-3-5-9-16/h3-5,8-9,14-15H,6-7,10-13H2,1-2H3,(H,23,24). The van der Waals surface area contributed by atoms with Crippen LogP contribution in [0.5, 0.6) is 5.75 Å². The van der Waals surface area contributed by atoms with Crippen molar-refractivity contribution in [2.24, 2.45) is 5.92 Å². The monoisotopic (exact) mass is 362 g/mol. The number of aliphatic carboxylic acids is 1. The highest BCUT2D eigenvalue weighted by Gasteiger charge is 2.33. The molecule has 1 aliphatic rings. The van der Waals surface area contributed by atoms with E-state index in [-0.39, 0.29) is 36.9 Å². The molecule has 1 N–H and O–H groups in total. The quantitative estimate of drug-likeness (QED) is 0.796. The predicted molar refractivity (Wildman–Crippen MR) is 95.7 cm³/mol. The van der Waals surface area contributed by atoms with Crippen molar-refractivity contribution in [2.75, 3.05) is 26.2 Å². The zero-order valence-electron chi connectivity index (χ0n) is 15.3. The molecule has 142 valence electrons. The van der Waals surface area contributed by atoms with Crippen molar-refractivity contribution in [3.05, 3.63) is 30.3 Å². The third-order valence-corrected chi connectivity index (χ3v) is 4.44. The third-order valence-electron chi connectivity index (χ3n) is 4.44. The maximum absolute atomic E-state index is 12.7. The Kier molecular flexibility index (Phi) is 7.00. The maximum Gasteiger partial charge on any atom is 0.323 e. The molecule has 7 heteroatoms. The molecule has 0 aliphatic carbocycles. The Morgan fingerprint density at radius 1 is 1.27 bits per heavy atom. The molecule has 0 spiro atoms. The number of hydrogen-bond acceptors (Lipinski definition) is 4. The van der Waals surface area contributed by atoms with E-state index in [1.807, 2.05) is 18.2 Å². The van der Waals surface area contributed by atoms with E-state index < -0.39 is 5.97 Å². The molecule has 0 saturated carbocycles. The highest BCUT2D eigenvalue weighted by Crippen LogP contribution is 2.20. The first-order valence-corrected chi connectivity index (χ1v) is 8.86. The molecule has 1 aromatic carbocycles. The van der Waals surface area contributed by atoms with Gasteiger partial charge in [0.15, 0.2) is 6.61 Å². The van der Waals surface area contributed by atoms with E-state index in [2.05, 4.69) is 0 Å². The number of carboxylic acids is 1. The molecule has 7 nitrogen and oxygen atoms in total. The molecule has 2 amide bonds. The lowest BCUT2D eigenvalue weighted by molar-refractivity contribution is -0.150. The average molecular weight is 362 g/mol. The molecule has 1 aliphatic heterocycles. The van der Waals surface area contributed by atoms with Crippen molar-refractivity contribution in [3.8, 4) is 5.75 Å². The summed E-state index contributed by atoms with van der Waals surface area (Å²) < 4.78 is 5.49. The number of likely N-dealkylation sites (tertiary alicyclic amines) is 1. The molecular weight excluding hydrogens is 336 g/mol. The Balaban J connectivity index is 1.93. The van der Waals surface area contributed by atoms with Crippen LogP contribution in [0.1, 0.15) is 26.7 Å². The normalized spacial score (nSPS) is 17.0. The summed E-state index contributed by atoms with van der Waals surface area (Å²) in [6, 6.07) is 8.89. The van der Waals surface area contributed by atoms with Crippen LogP contribution in [0.25, 0.3) is 0 Å². The Bertz CT molecular complexity index is 632. The van der Waals surface area contributed by atoms with Gasteiger partial charge in [-0.05, 0) is 38.8 Å². The first kappa shape index (κ1) is 19.8. The minimum atomic E-state index is -1.04. The Labute approximate surface area is 153 Å². The predicted octanol–water partition coefficient (Wildman–Crippen LogP) is 1.63. The van der Waals surface area contributed by atoms with E-state index in [1.54, 1.807) is 30.9 Å². The van der Waals surface area contributed by atoms with Crippen LogP contribution in [0.2, 0.25) is 0 Å². The van der Waals surface area contributed by atoms with Crippen LogP contribution >= 0.6 is 0 Å². The van der Waals surface area contributed by atoms with Gasteiger partial charge in [0.05, 0.1) is 5.92 Å². The summed E-state index contributed by atoms with van der Waals surface area (Å²) in [5.74, 6) is -1.15. The van der Waals surface area contributed by atoms with Crippen LogP contribution in [-0.4, -0.2) is 65.0 Å². The smallest absolute Gasteiger partial charge is 0.323 e. The van der Waals surface area contributed by atoms with Crippen LogP contribution in [0.15, 0.2) is 30.3 Å². The SMILES string of the molecule is CC(C)N(CC(=O)O)C(=O)C1CCCN(C(=O)COc2ccccc2)C1. The molecule has 0 aromatic heterocycles. The Hall–Kier alpha value is -2.57. The van der Waals surface area contributed by atoms with Crippen LogP contribution in [0.4, 0.5) is 0 Å². The van der Waals surface area contributed by atoms with Gasteiger partial charge >= 0.3 is 5.97 Å². The lowest BCUT2D eigenvalue weighted by Crippen LogP contribution is -2.50. The second-order valence-electron chi connectivity index (χ2n) is 6.73. The Morgan fingerprint density at radius 3 is 2.58 bits per heavy atom. The third kappa shape index (κ3) is 5.47. The number of carbonyl (C=O) groups is 3. The summed E-state index contributed by atoms with van der Waals surface area (Å²) in [4.78, 5) is 39.1. The summed E-state index contributed by atoms with van der Waals surface area (Å²) in [6.07, 6.45) is 1.37. The average Bonchev–Trinajstić information content (AvgIpc) is 2.64. The van der Waals surface area contributed by atoms with E-state index in [1.165, 1.54) is 4.90 Å². The maximum atomic E-state index is 12.7. The summed E-state index contributed by atoms with van der Waals surface area (Å²) in [6.45, 7) is 4.08. The highest BCUT2D eigenvalue weighted by atomic mass is 16.5. The first-order valence-electron chi connectivity index (χ1n) is 8.86. The van der Waals surface area contributed by atoms with E-state index in [9.17, 15) is 14.4 Å². The lowest BCUT2D eigenvalue weighted by Gasteiger charge is -2.35. The molecule has 1 atom stereocenters. The van der Waals surface area contributed by atoms with Crippen molar-refractivity contribution in [1.82, 2.24) is 9.80 Å². The lowest BCUT2D eigenvalue weighted by atomic mass is 9.96. The van der Waals surface area contributed by atoms with Crippen LogP contribution < -0.4 is 4.74 Å². The summed E-state index contributed by atoms with van der Waals surface area (Å²) in [5.41, 5.74) is 0. The van der Waals surface area contributed by atoms with E-state index in [0.29, 0.717) is 31.7 Å². The fourth-order valence-corrected chi connectivity index (χ4v) is 3.05. The van der Waals surface area contributed by atoms with Crippen LogP contribution in [-0.2, 0) is 14.4 Å². The number of rotatable bonds is 7. The summed E-state index contributed by atoms with van der Waals surface area (Å²) in [7, 11) is 0. The molecule has 1 heterocycles. The zero-order chi connectivity index (χ0) is 19.1. The number of benzene rings is 1. The molecule has 2 rings (SSSR count). The van der Waals surface area contributed by atoms with Gasteiger partial charge < -0.3 is 19.6 Å². The zero-order valence-corrected chi connectivity index (χ0v) is 15.3. The topological polar surface area (TPSA) is 87.2 Å². The highest BCUT2D eigenvalue weighted by molar-refractivity contribution is 5.85. The van der Waals surface area contributed by atoms with Crippen molar-refractivity contribution in [1.29, 1.82) is 0 Å². The second kappa shape index (κ2) is 9.22. The molecule has 0 bridgehead atoms. The van der Waals surface area contributed by atoms with Gasteiger partial charge in [-0.2, -0.15) is 0 Å². The molecule has 26 heavy (non-hydrogen) atoms. The number of nitrogens with zero attached hydrogens (tertiary/aromatic N) is 2.